The van der Waals surface area contributed by atoms with Crippen LogP contribution >= 0.6 is 11.6 Å². The van der Waals surface area contributed by atoms with E-state index in [1.54, 1.807) is 12.1 Å². The average molecular weight is 254 g/mol. The number of halogens is 1. The summed E-state index contributed by atoms with van der Waals surface area (Å²) in [6, 6.07) is 7.32. The van der Waals surface area contributed by atoms with Crippen LogP contribution in [-0.2, 0) is 11.2 Å². The second-order valence-electron chi connectivity index (χ2n) is 4.60. The lowest BCUT2D eigenvalue weighted by molar-refractivity contribution is -0.121. The van der Waals surface area contributed by atoms with Crippen molar-refractivity contribution in [3.05, 3.63) is 34.9 Å². The third-order valence-electron chi connectivity index (χ3n) is 3.05. The Morgan fingerprint density at radius 2 is 2.24 bits per heavy atom. The van der Waals surface area contributed by atoms with Crippen molar-refractivity contribution in [3.8, 4) is 0 Å². The van der Waals surface area contributed by atoms with Crippen LogP contribution in [0, 0.1) is 5.92 Å². The molecule has 4 heteroatoms. The van der Waals surface area contributed by atoms with Crippen LogP contribution in [0.3, 0.4) is 0 Å². The Labute approximate surface area is 106 Å². The van der Waals surface area contributed by atoms with Crippen molar-refractivity contribution in [1.82, 2.24) is 5.32 Å². The molecule has 0 atom stereocenters. The molecule has 92 valence electrons. The van der Waals surface area contributed by atoms with Gasteiger partial charge in [0.15, 0.2) is 0 Å². The molecule has 0 bridgehead atoms. The second kappa shape index (κ2) is 5.52. The lowest BCUT2D eigenvalue weighted by Crippen LogP contribution is -2.38. The fraction of sp³-hybridized carbons (Fsp3) is 0.462. The van der Waals surface area contributed by atoms with Gasteiger partial charge in [-0.05, 0) is 36.5 Å². The molecular weight excluding hydrogens is 238 g/mol. The van der Waals surface area contributed by atoms with E-state index in [-0.39, 0.29) is 12.0 Å². The Kier molecular flexibility index (Phi) is 4.02. The normalized spacial score (nSPS) is 22.9. The molecule has 0 saturated heterocycles. The summed E-state index contributed by atoms with van der Waals surface area (Å²) in [5.74, 6) is 0.446. The molecule has 0 heterocycles. The first-order valence-electron chi connectivity index (χ1n) is 5.82. The van der Waals surface area contributed by atoms with Gasteiger partial charge in [-0.2, -0.15) is 0 Å². The van der Waals surface area contributed by atoms with Crippen LogP contribution in [0.1, 0.15) is 18.4 Å². The average Bonchev–Trinajstić information content (AvgIpc) is 2.23. The highest BCUT2D eigenvalue weighted by Crippen LogP contribution is 2.26. The summed E-state index contributed by atoms with van der Waals surface area (Å²) in [6.07, 6.45) is 1.80. The smallest absolute Gasteiger partial charge is 0.224 e. The quantitative estimate of drug-likeness (QED) is 0.859. The maximum absolute atomic E-state index is 11.6. The van der Waals surface area contributed by atoms with Gasteiger partial charge >= 0.3 is 0 Å². The highest BCUT2D eigenvalue weighted by atomic mass is 35.5. The first kappa shape index (κ1) is 12.4. The van der Waals surface area contributed by atoms with Gasteiger partial charge < -0.3 is 10.4 Å². The number of aliphatic hydroxyl groups is 1. The number of carbonyl (C=O) groups is 1. The molecule has 1 aliphatic rings. The summed E-state index contributed by atoms with van der Waals surface area (Å²) in [7, 11) is 0. The van der Waals surface area contributed by atoms with E-state index in [0.717, 1.165) is 18.4 Å². The molecule has 3 nitrogen and oxygen atoms in total. The zero-order valence-electron chi connectivity index (χ0n) is 9.53. The molecule has 17 heavy (non-hydrogen) atoms. The Balaban J connectivity index is 1.73. The van der Waals surface area contributed by atoms with Crippen molar-refractivity contribution < 1.29 is 9.90 Å². The van der Waals surface area contributed by atoms with Crippen molar-refractivity contribution in [2.45, 2.75) is 25.4 Å². The number of rotatable bonds is 4. The van der Waals surface area contributed by atoms with Crippen molar-refractivity contribution in [2.24, 2.45) is 5.92 Å². The van der Waals surface area contributed by atoms with Crippen LogP contribution in [0.4, 0.5) is 0 Å². The third-order valence-corrected chi connectivity index (χ3v) is 3.29. The predicted molar refractivity (Wildman–Crippen MR) is 66.9 cm³/mol. The fourth-order valence-corrected chi connectivity index (χ4v) is 2.23. The molecule has 1 aromatic carbocycles. The van der Waals surface area contributed by atoms with Gasteiger partial charge in [0.25, 0.3) is 0 Å². The SMILES string of the molecule is O=C(Cc1cccc(Cl)c1)NCC1CC(O)C1. The number of hydrogen-bond donors (Lipinski definition) is 2. The number of benzene rings is 1. The minimum Gasteiger partial charge on any atom is -0.393 e. The standard InChI is InChI=1S/C13H16ClNO2/c14-11-3-1-2-9(4-11)7-13(17)15-8-10-5-12(16)6-10/h1-4,10,12,16H,5-8H2,(H,15,17). The largest absolute Gasteiger partial charge is 0.393 e. The van der Waals surface area contributed by atoms with Gasteiger partial charge in [-0.15, -0.1) is 0 Å². The molecular formula is C13H16ClNO2. The maximum atomic E-state index is 11.6. The van der Waals surface area contributed by atoms with Crippen molar-refractivity contribution in [2.75, 3.05) is 6.54 Å². The van der Waals surface area contributed by atoms with Gasteiger partial charge in [0.05, 0.1) is 12.5 Å². The van der Waals surface area contributed by atoms with Crippen LogP contribution < -0.4 is 5.32 Å². The first-order valence-corrected chi connectivity index (χ1v) is 6.20. The lowest BCUT2D eigenvalue weighted by atomic mass is 9.82. The van der Waals surface area contributed by atoms with Crippen molar-refractivity contribution >= 4 is 17.5 Å². The molecule has 0 unspecified atom stereocenters. The maximum Gasteiger partial charge on any atom is 0.224 e. The van der Waals surface area contributed by atoms with Gasteiger partial charge in [-0.1, -0.05) is 23.7 Å². The summed E-state index contributed by atoms with van der Waals surface area (Å²) in [5.41, 5.74) is 0.920. The topological polar surface area (TPSA) is 49.3 Å². The van der Waals surface area contributed by atoms with Crippen molar-refractivity contribution in [3.63, 3.8) is 0 Å². The van der Waals surface area contributed by atoms with Crippen LogP contribution in [0.5, 0.6) is 0 Å². The zero-order chi connectivity index (χ0) is 12.3. The van der Waals surface area contributed by atoms with Gasteiger partial charge in [0.2, 0.25) is 5.91 Å². The Morgan fingerprint density at radius 3 is 2.88 bits per heavy atom. The highest BCUT2D eigenvalue weighted by Gasteiger charge is 2.26. The summed E-state index contributed by atoms with van der Waals surface area (Å²) in [5, 5.41) is 12.7. The van der Waals surface area contributed by atoms with E-state index in [2.05, 4.69) is 5.32 Å². The van der Waals surface area contributed by atoms with E-state index in [1.165, 1.54) is 0 Å². The van der Waals surface area contributed by atoms with E-state index in [9.17, 15) is 4.79 Å². The fourth-order valence-electron chi connectivity index (χ4n) is 2.02. The van der Waals surface area contributed by atoms with E-state index in [1.807, 2.05) is 12.1 Å². The third kappa shape index (κ3) is 3.72. The van der Waals surface area contributed by atoms with Crippen molar-refractivity contribution in [1.29, 1.82) is 0 Å². The lowest BCUT2D eigenvalue weighted by Gasteiger charge is -2.31. The van der Waals surface area contributed by atoms with Crippen LogP contribution in [0.2, 0.25) is 5.02 Å². The number of nitrogens with one attached hydrogen (secondary N) is 1. The zero-order valence-corrected chi connectivity index (χ0v) is 10.3. The molecule has 1 aliphatic carbocycles. The first-order chi connectivity index (χ1) is 8.13. The number of hydrogen-bond acceptors (Lipinski definition) is 2. The molecule has 2 rings (SSSR count). The minimum atomic E-state index is -0.162. The molecule has 0 radical (unpaired) electrons. The van der Waals surface area contributed by atoms with Gasteiger partial charge in [-0.3, -0.25) is 4.79 Å². The van der Waals surface area contributed by atoms with E-state index < -0.39 is 0 Å². The van der Waals surface area contributed by atoms with E-state index in [0.29, 0.717) is 23.9 Å². The number of amides is 1. The molecule has 1 saturated carbocycles. The van der Waals surface area contributed by atoms with Crippen LogP contribution in [0.15, 0.2) is 24.3 Å². The summed E-state index contributed by atoms with van der Waals surface area (Å²) < 4.78 is 0. The second-order valence-corrected chi connectivity index (χ2v) is 5.04. The molecule has 0 spiro atoms. The summed E-state index contributed by atoms with van der Waals surface area (Å²) >= 11 is 5.84. The minimum absolute atomic E-state index is 0.00802. The van der Waals surface area contributed by atoms with E-state index in [4.69, 9.17) is 16.7 Å². The van der Waals surface area contributed by atoms with Gasteiger partial charge in [0, 0.05) is 11.6 Å². The monoisotopic (exact) mass is 253 g/mol. The Hall–Kier alpha value is -1.06. The number of aliphatic hydroxyl groups excluding tert-OH is 1. The summed E-state index contributed by atoms with van der Waals surface area (Å²) in [4.78, 5) is 11.6. The highest BCUT2D eigenvalue weighted by molar-refractivity contribution is 6.30. The van der Waals surface area contributed by atoms with E-state index >= 15 is 0 Å². The van der Waals surface area contributed by atoms with Gasteiger partial charge in [0.1, 0.15) is 0 Å². The predicted octanol–water partition coefficient (Wildman–Crippen LogP) is 1.77. The summed E-state index contributed by atoms with van der Waals surface area (Å²) in [6.45, 7) is 0.663. The van der Waals surface area contributed by atoms with Gasteiger partial charge in [-0.25, -0.2) is 0 Å². The molecule has 2 N–H and O–H groups in total. The molecule has 0 aliphatic heterocycles. The molecule has 1 amide bonds. The molecule has 0 aromatic heterocycles. The number of carbonyl (C=O) groups excluding carboxylic acids is 1. The molecule has 1 aromatic rings. The van der Waals surface area contributed by atoms with Crippen LogP contribution in [0.25, 0.3) is 0 Å². The Morgan fingerprint density at radius 1 is 1.47 bits per heavy atom. The Bertz CT molecular complexity index is 402. The molecule has 1 fully saturated rings. The van der Waals surface area contributed by atoms with Crippen LogP contribution in [-0.4, -0.2) is 23.7 Å².